The molecule has 2 rings (SSSR count). The Morgan fingerprint density at radius 1 is 1.32 bits per heavy atom. The van der Waals surface area contributed by atoms with Crippen molar-refractivity contribution in [1.82, 2.24) is 9.55 Å². The Kier molecular flexibility index (Phi) is 4.86. The minimum Gasteiger partial charge on any atom is -0.388 e. The van der Waals surface area contributed by atoms with Gasteiger partial charge in [0.2, 0.25) is 0 Å². The van der Waals surface area contributed by atoms with Gasteiger partial charge >= 0.3 is 0 Å². The fraction of sp³-hybridized carbons (Fsp3) is 0.357. The second-order valence-corrected chi connectivity index (χ2v) is 5.21. The molecule has 0 aliphatic heterocycles. The molecule has 1 unspecified atom stereocenters. The Morgan fingerprint density at radius 2 is 2.00 bits per heavy atom. The molecule has 5 heteroatoms. The first-order chi connectivity index (χ1) is 9.13. The number of aliphatic hydroxyl groups is 1. The van der Waals surface area contributed by atoms with E-state index in [1.807, 2.05) is 10.8 Å². The Hall–Kier alpha value is -1.03. The Balaban J connectivity index is 2.21. The summed E-state index contributed by atoms with van der Waals surface area (Å²) in [6, 6.07) is 5.22. The van der Waals surface area contributed by atoms with Crippen LogP contribution < -0.4 is 0 Å². The van der Waals surface area contributed by atoms with Crippen LogP contribution in [0, 0.1) is 0 Å². The van der Waals surface area contributed by atoms with Gasteiger partial charge < -0.3 is 9.67 Å². The van der Waals surface area contributed by atoms with Crippen LogP contribution >= 0.6 is 23.2 Å². The highest BCUT2D eigenvalue weighted by Gasteiger charge is 2.18. The van der Waals surface area contributed by atoms with E-state index in [1.54, 1.807) is 24.4 Å². The van der Waals surface area contributed by atoms with Gasteiger partial charge in [-0.25, -0.2) is 4.98 Å². The molecule has 1 N–H and O–H groups in total. The van der Waals surface area contributed by atoms with Gasteiger partial charge in [-0.1, -0.05) is 36.2 Å². The van der Waals surface area contributed by atoms with E-state index in [0.29, 0.717) is 22.0 Å². The van der Waals surface area contributed by atoms with Crippen LogP contribution in [0.25, 0.3) is 0 Å². The van der Waals surface area contributed by atoms with Crippen molar-refractivity contribution in [3.05, 3.63) is 52.0 Å². The van der Waals surface area contributed by atoms with Crippen LogP contribution in [0.15, 0.2) is 30.6 Å². The number of aliphatic hydroxyl groups excluding tert-OH is 1. The molecule has 19 heavy (non-hydrogen) atoms. The molecule has 0 bridgehead atoms. The van der Waals surface area contributed by atoms with E-state index in [0.717, 1.165) is 18.8 Å². The number of hydrogen-bond donors (Lipinski definition) is 1. The smallest absolute Gasteiger partial charge is 0.111 e. The lowest BCUT2D eigenvalue weighted by Crippen LogP contribution is -2.09. The zero-order chi connectivity index (χ0) is 13.8. The molecule has 1 heterocycles. The van der Waals surface area contributed by atoms with Crippen LogP contribution in [0.3, 0.4) is 0 Å². The van der Waals surface area contributed by atoms with Crippen LogP contribution in [0.1, 0.15) is 30.8 Å². The third kappa shape index (κ3) is 3.30. The first-order valence-electron chi connectivity index (χ1n) is 6.25. The summed E-state index contributed by atoms with van der Waals surface area (Å²) < 4.78 is 2.04. The number of nitrogens with zero attached hydrogens (tertiary/aromatic N) is 2. The molecule has 0 radical (unpaired) electrons. The number of aryl methyl sites for hydroxylation is 1. The van der Waals surface area contributed by atoms with Gasteiger partial charge in [-0.05, 0) is 18.6 Å². The molecule has 1 aromatic carbocycles. The molecule has 1 aromatic heterocycles. The first kappa shape index (κ1) is 14.4. The summed E-state index contributed by atoms with van der Waals surface area (Å²) in [6.45, 7) is 2.99. The van der Waals surface area contributed by atoms with Gasteiger partial charge in [-0.3, -0.25) is 0 Å². The first-order valence-corrected chi connectivity index (χ1v) is 7.01. The molecular formula is C14H16Cl2N2O. The monoisotopic (exact) mass is 298 g/mol. The maximum absolute atomic E-state index is 10.3. The highest BCUT2D eigenvalue weighted by atomic mass is 35.5. The molecule has 2 aromatic rings. The van der Waals surface area contributed by atoms with E-state index < -0.39 is 6.10 Å². The molecular weight excluding hydrogens is 283 g/mol. The van der Waals surface area contributed by atoms with Crippen LogP contribution in [-0.4, -0.2) is 14.7 Å². The van der Waals surface area contributed by atoms with Crippen molar-refractivity contribution in [2.45, 2.75) is 32.4 Å². The van der Waals surface area contributed by atoms with E-state index in [4.69, 9.17) is 23.2 Å². The quantitative estimate of drug-likeness (QED) is 0.910. The number of rotatable bonds is 5. The average molecular weight is 299 g/mol. The summed E-state index contributed by atoms with van der Waals surface area (Å²) in [5, 5.41) is 11.3. The molecule has 102 valence electrons. The van der Waals surface area contributed by atoms with Gasteiger partial charge in [-0.2, -0.15) is 0 Å². The van der Waals surface area contributed by atoms with Crippen molar-refractivity contribution in [1.29, 1.82) is 0 Å². The zero-order valence-electron chi connectivity index (χ0n) is 10.7. The van der Waals surface area contributed by atoms with Gasteiger partial charge in [0.25, 0.3) is 0 Å². The van der Waals surface area contributed by atoms with Crippen molar-refractivity contribution in [2.24, 2.45) is 0 Å². The number of halogens is 2. The van der Waals surface area contributed by atoms with E-state index >= 15 is 0 Å². The van der Waals surface area contributed by atoms with E-state index in [9.17, 15) is 5.11 Å². The number of benzene rings is 1. The lowest BCUT2D eigenvalue weighted by molar-refractivity contribution is 0.174. The third-order valence-corrected chi connectivity index (χ3v) is 3.63. The molecule has 0 saturated carbocycles. The van der Waals surface area contributed by atoms with Gasteiger partial charge in [0.1, 0.15) is 5.82 Å². The van der Waals surface area contributed by atoms with Gasteiger partial charge in [0, 0.05) is 41.0 Å². The predicted molar refractivity (Wildman–Crippen MR) is 77.6 cm³/mol. The minimum absolute atomic E-state index is 0.399. The molecule has 0 aliphatic rings. The molecule has 0 saturated heterocycles. The van der Waals surface area contributed by atoms with E-state index in [1.165, 1.54) is 0 Å². The number of hydrogen-bond acceptors (Lipinski definition) is 2. The maximum atomic E-state index is 10.3. The number of imidazole rings is 1. The molecule has 0 spiro atoms. The SMILES string of the molecule is CCCn1ccnc1CC(O)c1c(Cl)cccc1Cl. The van der Waals surface area contributed by atoms with Gasteiger partial charge in [0.15, 0.2) is 0 Å². The zero-order valence-corrected chi connectivity index (χ0v) is 12.2. The maximum Gasteiger partial charge on any atom is 0.111 e. The Morgan fingerprint density at radius 3 is 2.63 bits per heavy atom. The molecule has 3 nitrogen and oxygen atoms in total. The van der Waals surface area contributed by atoms with Gasteiger partial charge in [0.05, 0.1) is 6.10 Å². The molecule has 0 aliphatic carbocycles. The third-order valence-electron chi connectivity index (χ3n) is 2.98. The van der Waals surface area contributed by atoms with Crippen molar-refractivity contribution < 1.29 is 5.11 Å². The van der Waals surface area contributed by atoms with Crippen molar-refractivity contribution >= 4 is 23.2 Å². The second kappa shape index (κ2) is 6.42. The summed E-state index contributed by atoms with van der Waals surface area (Å²) >= 11 is 12.2. The summed E-state index contributed by atoms with van der Waals surface area (Å²) in [5.74, 6) is 0.838. The second-order valence-electron chi connectivity index (χ2n) is 4.39. The summed E-state index contributed by atoms with van der Waals surface area (Å²) in [6.07, 6.45) is 4.33. The molecule has 1 atom stereocenters. The minimum atomic E-state index is -0.751. The highest BCUT2D eigenvalue weighted by Crippen LogP contribution is 2.31. The van der Waals surface area contributed by atoms with Crippen molar-refractivity contribution in [2.75, 3.05) is 0 Å². The number of aromatic nitrogens is 2. The fourth-order valence-electron chi connectivity index (χ4n) is 2.08. The van der Waals surface area contributed by atoms with Crippen LogP contribution in [0.5, 0.6) is 0 Å². The van der Waals surface area contributed by atoms with Crippen molar-refractivity contribution in [3.8, 4) is 0 Å². The summed E-state index contributed by atoms with van der Waals surface area (Å²) in [4.78, 5) is 4.28. The lowest BCUT2D eigenvalue weighted by atomic mass is 10.1. The Labute approximate surface area is 122 Å². The Bertz CT molecular complexity index is 534. The van der Waals surface area contributed by atoms with Crippen LogP contribution in [-0.2, 0) is 13.0 Å². The van der Waals surface area contributed by atoms with E-state index in [2.05, 4.69) is 11.9 Å². The van der Waals surface area contributed by atoms with Crippen molar-refractivity contribution in [3.63, 3.8) is 0 Å². The van der Waals surface area contributed by atoms with Crippen LogP contribution in [0.2, 0.25) is 10.0 Å². The molecule has 0 fully saturated rings. The normalized spacial score (nSPS) is 12.6. The van der Waals surface area contributed by atoms with E-state index in [-0.39, 0.29) is 0 Å². The lowest BCUT2D eigenvalue weighted by Gasteiger charge is -2.15. The fourth-order valence-corrected chi connectivity index (χ4v) is 2.73. The summed E-state index contributed by atoms with van der Waals surface area (Å²) in [5.41, 5.74) is 0.567. The topological polar surface area (TPSA) is 38.0 Å². The predicted octanol–water partition coefficient (Wildman–Crippen LogP) is 3.88. The van der Waals surface area contributed by atoms with Gasteiger partial charge in [-0.15, -0.1) is 0 Å². The highest BCUT2D eigenvalue weighted by molar-refractivity contribution is 6.36. The van der Waals surface area contributed by atoms with Crippen LogP contribution in [0.4, 0.5) is 0 Å². The average Bonchev–Trinajstić information content (AvgIpc) is 2.77. The summed E-state index contributed by atoms with van der Waals surface area (Å²) in [7, 11) is 0. The standard InChI is InChI=1S/C14H16Cl2N2O/c1-2-7-18-8-6-17-13(18)9-12(19)14-10(15)4-3-5-11(14)16/h3-6,8,12,19H,2,7,9H2,1H3. The molecule has 0 amide bonds. The largest absolute Gasteiger partial charge is 0.388 e.